The summed E-state index contributed by atoms with van der Waals surface area (Å²) in [6, 6.07) is 17.5. The van der Waals surface area contributed by atoms with Crippen LogP contribution in [0.5, 0.6) is 0 Å². The predicted molar refractivity (Wildman–Crippen MR) is 125 cm³/mol. The van der Waals surface area contributed by atoms with E-state index in [1.165, 1.54) is 6.07 Å². The van der Waals surface area contributed by atoms with Crippen molar-refractivity contribution in [1.29, 1.82) is 0 Å². The Morgan fingerprint density at radius 3 is 2.54 bits per heavy atom. The Morgan fingerprint density at radius 1 is 1.09 bits per heavy atom. The fraction of sp³-hybridized carbons (Fsp3) is 0.240. The number of nitrogens with zero attached hydrogens (tertiary/aromatic N) is 4. The molecule has 0 bridgehead atoms. The SMILES string of the molecule is Cc1ccc(Cn2ccc(NC(=O)c3cc4n(n3)C(C(F)(F)F)CC(c3ccccc3)N4)n2)cc1. The zero-order valence-corrected chi connectivity index (χ0v) is 18.8. The van der Waals surface area contributed by atoms with Crippen LogP contribution in [0.2, 0.25) is 0 Å². The molecule has 0 radical (unpaired) electrons. The number of halogens is 3. The molecule has 180 valence electrons. The van der Waals surface area contributed by atoms with Gasteiger partial charge in [0.25, 0.3) is 5.91 Å². The summed E-state index contributed by atoms with van der Waals surface area (Å²) in [5.41, 5.74) is 2.82. The summed E-state index contributed by atoms with van der Waals surface area (Å²) in [6.45, 7) is 2.53. The third-order valence-corrected chi connectivity index (χ3v) is 5.97. The lowest BCUT2D eigenvalue weighted by molar-refractivity contribution is -0.173. The number of alkyl halides is 3. The molecule has 5 rings (SSSR count). The molecule has 0 saturated carbocycles. The monoisotopic (exact) mass is 480 g/mol. The molecule has 4 aromatic rings. The highest BCUT2D eigenvalue weighted by Crippen LogP contribution is 2.43. The highest BCUT2D eigenvalue weighted by molar-refractivity contribution is 6.02. The molecule has 3 heterocycles. The summed E-state index contributed by atoms with van der Waals surface area (Å²) >= 11 is 0. The zero-order chi connectivity index (χ0) is 24.6. The van der Waals surface area contributed by atoms with E-state index < -0.39 is 24.2 Å². The highest BCUT2D eigenvalue weighted by atomic mass is 19.4. The van der Waals surface area contributed by atoms with Crippen molar-refractivity contribution >= 4 is 17.5 Å². The maximum atomic E-state index is 13.9. The van der Waals surface area contributed by atoms with E-state index in [1.807, 2.05) is 37.3 Å². The minimum atomic E-state index is -4.52. The minimum absolute atomic E-state index is 0.122. The maximum absolute atomic E-state index is 13.9. The van der Waals surface area contributed by atoms with Gasteiger partial charge in [-0.25, -0.2) is 4.68 Å². The average Bonchev–Trinajstić information content (AvgIpc) is 3.46. The molecule has 2 aromatic heterocycles. The summed E-state index contributed by atoms with van der Waals surface area (Å²) in [5, 5.41) is 14.0. The molecule has 1 amide bonds. The van der Waals surface area contributed by atoms with Crippen molar-refractivity contribution in [3.63, 3.8) is 0 Å². The fourth-order valence-corrected chi connectivity index (χ4v) is 4.17. The fourth-order valence-electron chi connectivity index (χ4n) is 4.17. The van der Waals surface area contributed by atoms with Gasteiger partial charge in [0.05, 0.1) is 12.6 Å². The number of hydrogen-bond donors (Lipinski definition) is 2. The number of amides is 1. The number of anilines is 2. The number of benzene rings is 2. The van der Waals surface area contributed by atoms with Crippen LogP contribution in [0.25, 0.3) is 0 Å². The number of nitrogens with one attached hydrogen (secondary N) is 2. The lowest BCUT2D eigenvalue weighted by Gasteiger charge is -2.33. The molecule has 0 aliphatic carbocycles. The quantitative estimate of drug-likeness (QED) is 0.404. The van der Waals surface area contributed by atoms with Gasteiger partial charge in [-0.2, -0.15) is 23.4 Å². The summed E-state index contributed by atoms with van der Waals surface area (Å²) in [7, 11) is 0. The van der Waals surface area contributed by atoms with Gasteiger partial charge < -0.3 is 10.6 Å². The van der Waals surface area contributed by atoms with Gasteiger partial charge in [-0.15, -0.1) is 0 Å². The van der Waals surface area contributed by atoms with Crippen molar-refractivity contribution in [2.45, 2.75) is 38.1 Å². The first-order valence-electron chi connectivity index (χ1n) is 11.1. The van der Waals surface area contributed by atoms with Gasteiger partial charge in [0.1, 0.15) is 5.82 Å². The van der Waals surface area contributed by atoms with Gasteiger partial charge in [-0.05, 0) is 18.1 Å². The number of carbonyl (C=O) groups is 1. The molecule has 1 aliphatic heterocycles. The second-order valence-corrected chi connectivity index (χ2v) is 8.60. The Hall–Kier alpha value is -4.08. The van der Waals surface area contributed by atoms with Crippen LogP contribution < -0.4 is 10.6 Å². The Labute approximate surface area is 199 Å². The number of aromatic nitrogens is 4. The first-order valence-corrected chi connectivity index (χ1v) is 11.1. The number of fused-ring (bicyclic) bond motifs is 1. The molecule has 0 saturated heterocycles. The van der Waals surface area contributed by atoms with Gasteiger partial charge in [0.15, 0.2) is 17.6 Å². The van der Waals surface area contributed by atoms with Crippen molar-refractivity contribution in [1.82, 2.24) is 19.6 Å². The molecule has 2 aromatic carbocycles. The van der Waals surface area contributed by atoms with Crippen molar-refractivity contribution < 1.29 is 18.0 Å². The lowest BCUT2D eigenvalue weighted by Crippen LogP contribution is -2.35. The van der Waals surface area contributed by atoms with Gasteiger partial charge in [0, 0.05) is 24.8 Å². The van der Waals surface area contributed by atoms with Crippen LogP contribution in [0.4, 0.5) is 24.8 Å². The van der Waals surface area contributed by atoms with E-state index in [-0.39, 0.29) is 23.8 Å². The van der Waals surface area contributed by atoms with Gasteiger partial charge >= 0.3 is 6.18 Å². The minimum Gasteiger partial charge on any atom is -0.363 e. The summed E-state index contributed by atoms with van der Waals surface area (Å²) < 4.78 is 44.1. The van der Waals surface area contributed by atoms with Crippen molar-refractivity contribution in [3.8, 4) is 0 Å². The summed E-state index contributed by atoms with van der Waals surface area (Å²) in [4.78, 5) is 12.8. The van der Waals surface area contributed by atoms with E-state index in [0.29, 0.717) is 6.54 Å². The second-order valence-electron chi connectivity index (χ2n) is 8.60. The standard InChI is InChI=1S/C25H23F3N6O/c1-16-7-9-17(10-8-16)15-33-12-11-22(32-33)30-24(35)20-14-23-29-19(18-5-3-2-4-6-18)13-21(25(26,27)28)34(23)31-20/h2-12,14,19,21,29H,13,15H2,1H3,(H,30,32,35). The van der Waals surface area contributed by atoms with Crippen LogP contribution in [-0.2, 0) is 6.54 Å². The molecule has 7 nitrogen and oxygen atoms in total. The third kappa shape index (κ3) is 4.91. The van der Waals surface area contributed by atoms with E-state index in [0.717, 1.165) is 21.4 Å². The second kappa shape index (κ2) is 8.94. The number of rotatable bonds is 5. The number of hydrogen-bond acceptors (Lipinski definition) is 4. The molecular weight excluding hydrogens is 457 g/mol. The van der Waals surface area contributed by atoms with Gasteiger partial charge in [-0.3, -0.25) is 9.48 Å². The third-order valence-electron chi connectivity index (χ3n) is 5.97. The Balaban J connectivity index is 1.33. The van der Waals surface area contributed by atoms with Crippen LogP contribution >= 0.6 is 0 Å². The zero-order valence-electron chi connectivity index (χ0n) is 18.8. The smallest absolute Gasteiger partial charge is 0.363 e. The summed E-state index contributed by atoms with van der Waals surface area (Å²) in [6.07, 6.45) is -3.02. The highest BCUT2D eigenvalue weighted by Gasteiger charge is 2.46. The average molecular weight is 480 g/mol. The molecular formula is C25H23F3N6O. The van der Waals surface area contributed by atoms with Crippen molar-refractivity contribution in [2.75, 3.05) is 10.6 Å². The molecule has 2 unspecified atom stereocenters. The Morgan fingerprint density at radius 2 is 1.83 bits per heavy atom. The van der Waals surface area contributed by atoms with Gasteiger partial charge in [-0.1, -0.05) is 60.2 Å². The first-order chi connectivity index (χ1) is 16.8. The van der Waals surface area contributed by atoms with Crippen LogP contribution in [0.3, 0.4) is 0 Å². The topological polar surface area (TPSA) is 76.8 Å². The maximum Gasteiger partial charge on any atom is 0.410 e. The van der Waals surface area contributed by atoms with E-state index in [1.54, 1.807) is 41.2 Å². The predicted octanol–water partition coefficient (Wildman–Crippen LogP) is 5.35. The van der Waals surface area contributed by atoms with E-state index in [9.17, 15) is 18.0 Å². The molecule has 0 fully saturated rings. The van der Waals surface area contributed by atoms with Gasteiger partial charge in [0.2, 0.25) is 0 Å². The van der Waals surface area contributed by atoms with Crippen molar-refractivity contribution in [3.05, 3.63) is 95.3 Å². The molecule has 0 spiro atoms. The van der Waals surface area contributed by atoms with Crippen LogP contribution in [0.1, 0.15) is 45.7 Å². The van der Waals surface area contributed by atoms with Crippen molar-refractivity contribution in [2.24, 2.45) is 0 Å². The number of aryl methyl sites for hydroxylation is 1. The van der Waals surface area contributed by atoms with Crippen LogP contribution in [0, 0.1) is 6.92 Å². The van der Waals surface area contributed by atoms with Crippen LogP contribution in [0.15, 0.2) is 72.9 Å². The van der Waals surface area contributed by atoms with E-state index >= 15 is 0 Å². The summed E-state index contributed by atoms with van der Waals surface area (Å²) in [5.74, 6) is -0.204. The molecule has 2 atom stereocenters. The Bertz CT molecular complexity index is 1330. The van der Waals surface area contributed by atoms with E-state index in [2.05, 4.69) is 20.8 Å². The Kier molecular flexibility index (Phi) is 5.80. The van der Waals surface area contributed by atoms with Crippen LogP contribution in [-0.4, -0.2) is 31.6 Å². The first kappa shape index (κ1) is 22.7. The lowest BCUT2D eigenvalue weighted by atomic mass is 9.97. The largest absolute Gasteiger partial charge is 0.410 e. The molecule has 10 heteroatoms. The normalized spacial score (nSPS) is 17.5. The molecule has 35 heavy (non-hydrogen) atoms. The number of carbonyl (C=O) groups excluding carboxylic acids is 1. The molecule has 2 N–H and O–H groups in total. The molecule has 1 aliphatic rings. The van der Waals surface area contributed by atoms with E-state index in [4.69, 9.17) is 0 Å².